The van der Waals surface area contributed by atoms with E-state index >= 15 is 0 Å². The fraction of sp³-hybridized carbons (Fsp3) is 0.308. The Balaban J connectivity index is 2.27. The number of benzene rings is 1. The molecule has 4 N–H and O–H groups in total. The van der Waals surface area contributed by atoms with Gasteiger partial charge in [0.15, 0.2) is 0 Å². The van der Waals surface area contributed by atoms with E-state index in [1.807, 2.05) is 32.0 Å². The highest BCUT2D eigenvalue weighted by Gasteiger charge is 2.07. The van der Waals surface area contributed by atoms with E-state index in [2.05, 4.69) is 32.6 Å². The first-order valence-electron chi connectivity index (χ1n) is 6.32. The van der Waals surface area contributed by atoms with Crippen molar-refractivity contribution in [2.24, 2.45) is 5.84 Å². The van der Waals surface area contributed by atoms with Crippen LogP contribution in [0.2, 0.25) is 0 Å². The Kier molecular flexibility index (Phi) is 4.31. The normalized spacial score (nSPS) is 10.2. The molecule has 20 heavy (non-hydrogen) atoms. The highest BCUT2D eigenvalue weighted by molar-refractivity contribution is 5.56. The molecule has 7 heteroatoms. The van der Waals surface area contributed by atoms with Crippen LogP contribution in [0.3, 0.4) is 0 Å². The number of nitrogens with two attached hydrogens (primary N) is 1. The van der Waals surface area contributed by atoms with Crippen LogP contribution in [0.25, 0.3) is 0 Å². The second-order valence-electron chi connectivity index (χ2n) is 4.27. The van der Waals surface area contributed by atoms with Gasteiger partial charge in [0.05, 0.1) is 6.61 Å². The molecular weight excluding hydrogens is 256 g/mol. The third-order valence-corrected chi connectivity index (χ3v) is 2.78. The van der Waals surface area contributed by atoms with Crippen molar-refractivity contribution in [2.45, 2.75) is 20.8 Å². The summed E-state index contributed by atoms with van der Waals surface area (Å²) in [7, 11) is 0. The van der Waals surface area contributed by atoms with Gasteiger partial charge in [-0.2, -0.15) is 15.0 Å². The van der Waals surface area contributed by atoms with Crippen molar-refractivity contribution in [3.8, 4) is 6.01 Å². The molecule has 1 aromatic heterocycles. The number of nitrogen functional groups attached to an aromatic ring is 1. The van der Waals surface area contributed by atoms with Crippen molar-refractivity contribution < 1.29 is 4.74 Å². The number of nitrogens with zero attached hydrogens (tertiary/aromatic N) is 3. The third-order valence-electron chi connectivity index (χ3n) is 2.78. The van der Waals surface area contributed by atoms with Gasteiger partial charge in [0.1, 0.15) is 0 Å². The minimum Gasteiger partial charge on any atom is -0.464 e. The molecule has 0 fully saturated rings. The summed E-state index contributed by atoms with van der Waals surface area (Å²) in [5.41, 5.74) is 5.70. The van der Waals surface area contributed by atoms with Crippen molar-refractivity contribution in [2.75, 3.05) is 17.3 Å². The summed E-state index contributed by atoms with van der Waals surface area (Å²) in [4.78, 5) is 12.3. The molecular formula is C13H18N6O. The Labute approximate surface area is 117 Å². The zero-order chi connectivity index (χ0) is 14.5. The Morgan fingerprint density at radius 2 is 1.85 bits per heavy atom. The molecule has 2 rings (SSSR count). The maximum atomic E-state index is 5.34. The van der Waals surface area contributed by atoms with Crippen molar-refractivity contribution in [1.29, 1.82) is 0 Å². The number of aromatic nitrogens is 3. The molecule has 2 aromatic rings. The lowest BCUT2D eigenvalue weighted by Crippen LogP contribution is -2.13. The fourth-order valence-electron chi connectivity index (χ4n) is 1.62. The molecule has 0 saturated heterocycles. The second-order valence-corrected chi connectivity index (χ2v) is 4.27. The summed E-state index contributed by atoms with van der Waals surface area (Å²) in [6.07, 6.45) is 0. The van der Waals surface area contributed by atoms with Crippen LogP contribution in [-0.2, 0) is 0 Å². The number of aryl methyl sites for hydroxylation is 2. The van der Waals surface area contributed by atoms with E-state index in [4.69, 9.17) is 10.6 Å². The van der Waals surface area contributed by atoms with E-state index in [-0.39, 0.29) is 12.0 Å². The number of hydrogen-bond acceptors (Lipinski definition) is 7. The molecule has 1 aromatic carbocycles. The molecule has 7 nitrogen and oxygen atoms in total. The van der Waals surface area contributed by atoms with E-state index in [0.717, 1.165) is 5.69 Å². The number of nitrogens with one attached hydrogen (secondary N) is 2. The van der Waals surface area contributed by atoms with E-state index in [1.54, 1.807) is 0 Å². The van der Waals surface area contributed by atoms with Gasteiger partial charge in [-0.1, -0.05) is 6.07 Å². The summed E-state index contributed by atoms with van der Waals surface area (Å²) >= 11 is 0. The van der Waals surface area contributed by atoms with Gasteiger partial charge >= 0.3 is 6.01 Å². The third kappa shape index (κ3) is 3.33. The molecule has 106 valence electrons. The number of anilines is 3. The van der Waals surface area contributed by atoms with Gasteiger partial charge < -0.3 is 10.1 Å². The van der Waals surface area contributed by atoms with E-state index in [9.17, 15) is 0 Å². The average Bonchev–Trinajstić information content (AvgIpc) is 2.43. The first kappa shape index (κ1) is 14.0. The van der Waals surface area contributed by atoms with E-state index in [0.29, 0.717) is 12.6 Å². The molecule has 0 unspecified atom stereocenters. The predicted octanol–water partition coefficient (Wildman–Crippen LogP) is 1.92. The average molecular weight is 274 g/mol. The zero-order valence-electron chi connectivity index (χ0n) is 11.8. The number of hydrazine groups is 1. The van der Waals surface area contributed by atoms with Gasteiger partial charge in [0.2, 0.25) is 11.9 Å². The van der Waals surface area contributed by atoms with Crippen LogP contribution in [-0.4, -0.2) is 21.6 Å². The van der Waals surface area contributed by atoms with Gasteiger partial charge in [-0.25, -0.2) is 5.84 Å². The lowest BCUT2D eigenvalue weighted by molar-refractivity contribution is 0.312. The molecule has 0 saturated carbocycles. The lowest BCUT2D eigenvalue weighted by atomic mass is 10.1. The van der Waals surface area contributed by atoms with E-state index in [1.165, 1.54) is 11.1 Å². The Morgan fingerprint density at radius 1 is 1.10 bits per heavy atom. The summed E-state index contributed by atoms with van der Waals surface area (Å²) in [5.74, 6) is 5.95. The zero-order valence-corrected chi connectivity index (χ0v) is 11.8. The minimum absolute atomic E-state index is 0.224. The van der Waals surface area contributed by atoms with Crippen LogP contribution in [0.1, 0.15) is 18.1 Å². The van der Waals surface area contributed by atoms with Crippen LogP contribution in [0.4, 0.5) is 17.6 Å². The van der Waals surface area contributed by atoms with Gasteiger partial charge in [-0.05, 0) is 44.0 Å². The molecule has 0 aliphatic rings. The maximum Gasteiger partial charge on any atom is 0.323 e. The van der Waals surface area contributed by atoms with Gasteiger partial charge in [0.25, 0.3) is 0 Å². The second kappa shape index (κ2) is 6.16. The molecule has 1 heterocycles. The lowest BCUT2D eigenvalue weighted by Gasteiger charge is -2.09. The van der Waals surface area contributed by atoms with Gasteiger partial charge in [-0.15, -0.1) is 0 Å². The monoisotopic (exact) mass is 274 g/mol. The first-order valence-corrected chi connectivity index (χ1v) is 6.32. The molecule has 0 amide bonds. The number of ether oxygens (including phenoxy) is 1. The quantitative estimate of drug-likeness (QED) is 0.566. The summed E-state index contributed by atoms with van der Waals surface area (Å²) < 4.78 is 5.27. The van der Waals surface area contributed by atoms with Gasteiger partial charge in [-0.3, -0.25) is 5.43 Å². The van der Waals surface area contributed by atoms with Crippen molar-refractivity contribution in [3.05, 3.63) is 29.3 Å². The Bertz CT molecular complexity index is 601. The predicted molar refractivity (Wildman–Crippen MR) is 78.0 cm³/mol. The molecule has 0 spiro atoms. The number of rotatable bonds is 5. The Morgan fingerprint density at radius 3 is 2.50 bits per heavy atom. The van der Waals surface area contributed by atoms with Crippen LogP contribution >= 0.6 is 0 Å². The molecule has 0 bridgehead atoms. The van der Waals surface area contributed by atoms with Crippen molar-refractivity contribution >= 4 is 17.6 Å². The summed E-state index contributed by atoms with van der Waals surface area (Å²) in [6, 6.07) is 6.24. The highest BCUT2D eigenvalue weighted by Crippen LogP contribution is 2.19. The minimum atomic E-state index is 0.224. The summed E-state index contributed by atoms with van der Waals surface area (Å²) in [5, 5.41) is 3.11. The smallest absolute Gasteiger partial charge is 0.323 e. The topological polar surface area (TPSA) is 98.0 Å². The van der Waals surface area contributed by atoms with Gasteiger partial charge in [0, 0.05) is 5.69 Å². The molecule has 0 aliphatic heterocycles. The SMILES string of the molecule is CCOc1nc(NN)nc(Nc2ccc(C)c(C)c2)n1. The standard InChI is InChI=1S/C13H18N6O/c1-4-20-13-17-11(16-12(18-13)19-14)15-10-6-5-8(2)9(3)7-10/h5-7H,4,14H2,1-3H3,(H2,15,16,17,18,19). The number of hydrogen-bond donors (Lipinski definition) is 3. The van der Waals surface area contributed by atoms with E-state index < -0.39 is 0 Å². The fourth-order valence-corrected chi connectivity index (χ4v) is 1.62. The van der Waals surface area contributed by atoms with Crippen molar-refractivity contribution in [1.82, 2.24) is 15.0 Å². The van der Waals surface area contributed by atoms with Crippen LogP contribution in [0.5, 0.6) is 6.01 Å². The maximum absolute atomic E-state index is 5.34. The molecule has 0 radical (unpaired) electrons. The Hall–Kier alpha value is -2.41. The highest BCUT2D eigenvalue weighted by atomic mass is 16.5. The van der Waals surface area contributed by atoms with Crippen molar-refractivity contribution in [3.63, 3.8) is 0 Å². The largest absolute Gasteiger partial charge is 0.464 e. The first-order chi connectivity index (χ1) is 9.62. The van der Waals surface area contributed by atoms with Crippen LogP contribution in [0, 0.1) is 13.8 Å². The van der Waals surface area contributed by atoms with Crippen LogP contribution < -0.4 is 21.3 Å². The molecule has 0 atom stereocenters. The molecule has 0 aliphatic carbocycles. The summed E-state index contributed by atoms with van der Waals surface area (Å²) in [6.45, 7) is 6.44. The van der Waals surface area contributed by atoms with Crippen LogP contribution in [0.15, 0.2) is 18.2 Å².